The van der Waals surface area contributed by atoms with Crippen LogP contribution in [-0.2, 0) is 4.84 Å². The van der Waals surface area contributed by atoms with Crippen LogP contribution in [0.3, 0.4) is 0 Å². The number of hydrogen-bond acceptors (Lipinski definition) is 3. The lowest BCUT2D eigenvalue weighted by molar-refractivity contribution is -0.0191. The lowest BCUT2D eigenvalue weighted by atomic mass is 9.48. The van der Waals surface area contributed by atoms with E-state index in [2.05, 4.69) is 5.16 Å². The van der Waals surface area contributed by atoms with Gasteiger partial charge in [-0.1, -0.05) is 5.16 Å². The molecule has 4 bridgehead atoms. The molecule has 4 rings (SSSR count). The second-order valence-electron chi connectivity index (χ2n) is 6.53. The van der Waals surface area contributed by atoms with Crippen LogP contribution in [0.2, 0.25) is 0 Å². The summed E-state index contributed by atoms with van der Waals surface area (Å²) in [5, 5.41) is 14.2. The van der Waals surface area contributed by atoms with Crippen molar-refractivity contribution in [2.45, 2.75) is 51.6 Å². The molecule has 1 unspecified atom stereocenters. The molecule has 0 aromatic rings. The van der Waals surface area contributed by atoms with E-state index in [1.165, 1.54) is 38.5 Å². The summed E-state index contributed by atoms with van der Waals surface area (Å²) in [6.07, 6.45) is 7.47. The van der Waals surface area contributed by atoms with Crippen LogP contribution < -0.4 is 0 Å². The van der Waals surface area contributed by atoms with E-state index in [9.17, 15) is 5.11 Å². The molecule has 3 heteroatoms. The van der Waals surface area contributed by atoms with Gasteiger partial charge >= 0.3 is 0 Å². The van der Waals surface area contributed by atoms with E-state index in [0.29, 0.717) is 0 Å². The van der Waals surface area contributed by atoms with Crippen LogP contribution in [-0.4, -0.2) is 24.0 Å². The first-order chi connectivity index (χ1) is 8.13. The van der Waals surface area contributed by atoms with Crippen molar-refractivity contribution in [2.24, 2.45) is 28.3 Å². The third-order valence-electron chi connectivity index (χ3n) is 5.17. The van der Waals surface area contributed by atoms with Crippen LogP contribution in [0.4, 0.5) is 0 Å². The minimum Gasteiger partial charge on any atom is -0.399 e. The van der Waals surface area contributed by atoms with Gasteiger partial charge in [-0.25, -0.2) is 0 Å². The molecule has 0 heterocycles. The van der Waals surface area contributed by atoms with E-state index in [1.807, 2.05) is 6.92 Å². The van der Waals surface area contributed by atoms with Crippen molar-refractivity contribution in [1.82, 2.24) is 0 Å². The maximum Gasteiger partial charge on any atom is 0.106 e. The van der Waals surface area contributed by atoms with Crippen molar-refractivity contribution in [3.63, 3.8) is 0 Å². The monoisotopic (exact) mass is 237 g/mol. The second kappa shape index (κ2) is 3.98. The largest absolute Gasteiger partial charge is 0.399 e. The Balaban J connectivity index is 1.92. The summed E-state index contributed by atoms with van der Waals surface area (Å²) in [6, 6.07) is 0. The Bertz CT molecular complexity index is 300. The number of hydrogen-bond donors (Lipinski definition) is 1. The number of aliphatic hydroxyl groups excluding tert-OH is 1. The van der Waals surface area contributed by atoms with Crippen LogP contribution in [0, 0.1) is 23.2 Å². The van der Waals surface area contributed by atoms with Crippen molar-refractivity contribution in [3.8, 4) is 0 Å². The molecule has 0 radical (unpaired) electrons. The van der Waals surface area contributed by atoms with Gasteiger partial charge in [-0.2, -0.15) is 0 Å². The van der Waals surface area contributed by atoms with E-state index >= 15 is 0 Å². The summed E-state index contributed by atoms with van der Waals surface area (Å²) < 4.78 is 0. The average molecular weight is 237 g/mol. The van der Waals surface area contributed by atoms with Crippen LogP contribution in [0.15, 0.2) is 5.16 Å². The predicted molar refractivity (Wildman–Crippen MR) is 66.7 cm³/mol. The summed E-state index contributed by atoms with van der Waals surface area (Å²) in [5.41, 5.74) is 1.08. The fourth-order valence-electron chi connectivity index (χ4n) is 5.14. The highest BCUT2D eigenvalue weighted by molar-refractivity contribution is 5.93. The Kier molecular flexibility index (Phi) is 2.69. The SMILES string of the molecule is CON=C(C(C)O)C12CC3CC(CC(C3)C1)C2. The van der Waals surface area contributed by atoms with Crippen LogP contribution >= 0.6 is 0 Å². The van der Waals surface area contributed by atoms with Gasteiger partial charge in [0.05, 0.1) is 11.8 Å². The van der Waals surface area contributed by atoms with Crippen LogP contribution in [0.5, 0.6) is 0 Å². The van der Waals surface area contributed by atoms with Crippen molar-refractivity contribution >= 4 is 5.71 Å². The van der Waals surface area contributed by atoms with Gasteiger partial charge in [0.2, 0.25) is 0 Å². The zero-order valence-corrected chi connectivity index (χ0v) is 10.9. The maximum atomic E-state index is 9.99. The van der Waals surface area contributed by atoms with Crippen molar-refractivity contribution < 1.29 is 9.94 Å². The van der Waals surface area contributed by atoms with Gasteiger partial charge in [0.1, 0.15) is 7.11 Å². The number of nitrogens with zero attached hydrogens (tertiary/aromatic N) is 1. The molecule has 4 aliphatic rings. The third-order valence-corrected chi connectivity index (χ3v) is 5.17. The van der Waals surface area contributed by atoms with E-state index in [-0.39, 0.29) is 5.41 Å². The third kappa shape index (κ3) is 1.79. The maximum absolute atomic E-state index is 9.99. The molecule has 1 N–H and O–H groups in total. The van der Waals surface area contributed by atoms with Crippen LogP contribution in [0.25, 0.3) is 0 Å². The quantitative estimate of drug-likeness (QED) is 0.605. The van der Waals surface area contributed by atoms with Crippen LogP contribution in [0.1, 0.15) is 45.4 Å². The highest BCUT2D eigenvalue weighted by atomic mass is 16.6. The zero-order chi connectivity index (χ0) is 12.0. The summed E-state index contributed by atoms with van der Waals surface area (Å²) in [6.45, 7) is 1.83. The molecule has 4 fully saturated rings. The number of aliphatic hydroxyl groups is 1. The molecule has 4 saturated carbocycles. The van der Waals surface area contributed by atoms with Gasteiger partial charge in [-0.05, 0) is 63.2 Å². The molecule has 0 spiro atoms. The Labute approximate surface area is 103 Å². The Morgan fingerprint density at radius 1 is 1.18 bits per heavy atom. The number of oxime groups is 1. The highest BCUT2D eigenvalue weighted by Crippen LogP contribution is 2.60. The Morgan fingerprint density at radius 2 is 1.65 bits per heavy atom. The Hall–Kier alpha value is -0.570. The van der Waals surface area contributed by atoms with Gasteiger partial charge < -0.3 is 9.94 Å². The second-order valence-corrected chi connectivity index (χ2v) is 6.53. The summed E-state index contributed by atoms with van der Waals surface area (Å²) >= 11 is 0. The van der Waals surface area contributed by atoms with Crippen molar-refractivity contribution in [2.75, 3.05) is 7.11 Å². The minimum atomic E-state index is -0.466. The minimum absolute atomic E-state index is 0.166. The van der Waals surface area contributed by atoms with Crippen molar-refractivity contribution in [1.29, 1.82) is 0 Å². The smallest absolute Gasteiger partial charge is 0.106 e. The van der Waals surface area contributed by atoms with Gasteiger partial charge in [-0.15, -0.1) is 0 Å². The molecule has 1 atom stereocenters. The number of rotatable bonds is 3. The zero-order valence-electron chi connectivity index (χ0n) is 10.9. The first kappa shape index (κ1) is 11.5. The summed E-state index contributed by atoms with van der Waals surface area (Å²) in [7, 11) is 1.59. The standard InChI is InChI=1S/C14H23NO2/c1-9(16)13(15-17-2)14-6-10-3-11(7-14)5-12(4-10)8-14/h9-12,16H,3-8H2,1-2H3. The summed E-state index contributed by atoms with van der Waals surface area (Å²) in [4.78, 5) is 4.98. The lowest BCUT2D eigenvalue weighted by Gasteiger charge is -2.57. The Morgan fingerprint density at radius 3 is 2.00 bits per heavy atom. The average Bonchev–Trinajstić information content (AvgIpc) is 2.23. The fourth-order valence-corrected chi connectivity index (χ4v) is 5.14. The topological polar surface area (TPSA) is 41.8 Å². The molecule has 0 amide bonds. The fraction of sp³-hybridized carbons (Fsp3) is 0.929. The molecule has 4 aliphatic carbocycles. The first-order valence-electron chi connectivity index (χ1n) is 6.92. The molecular weight excluding hydrogens is 214 g/mol. The van der Waals surface area contributed by atoms with Gasteiger partial charge in [-0.3, -0.25) is 0 Å². The van der Waals surface area contributed by atoms with Gasteiger partial charge in [0.25, 0.3) is 0 Å². The molecule has 96 valence electrons. The van der Waals surface area contributed by atoms with E-state index in [0.717, 1.165) is 23.5 Å². The first-order valence-corrected chi connectivity index (χ1v) is 6.92. The summed E-state index contributed by atoms with van der Waals surface area (Å²) in [5.74, 6) is 2.63. The van der Waals surface area contributed by atoms with E-state index in [1.54, 1.807) is 7.11 Å². The van der Waals surface area contributed by atoms with E-state index in [4.69, 9.17) is 4.84 Å². The van der Waals surface area contributed by atoms with E-state index < -0.39 is 6.10 Å². The van der Waals surface area contributed by atoms with Crippen molar-refractivity contribution in [3.05, 3.63) is 0 Å². The predicted octanol–water partition coefficient (Wildman–Crippen LogP) is 2.59. The molecule has 0 saturated heterocycles. The molecule has 3 nitrogen and oxygen atoms in total. The lowest BCUT2D eigenvalue weighted by Crippen LogP contribution is -2.52. The molecule has 17 heavy (non-hydrogen) atoms. The normalized spacial score (nSPS) is 46.1. The molecule has 0 aromatic heterocycles. The molecule has 0 aliphatic heterocycles. The van der Waals surface area contributed by atoms with Gasteiger partial charge in [0, 0.05) is 5.41 Å². The molecule has 0 aromatic carbocycles. The molecular formula is C14H23NO2. The van der Waals surface area contributed by atoms with Gasteiger partial charge in [0.15, 0.2) is 0 Å². The highest BCUT2D eigenvalue weighted by Gasteiger charge is 2.54.